The molecule has 11 atom stereocenters. The van der Waals surface area contributed by atoms with Crippen LogP contribution in [0.3, 0.4) is 0 Å². The average Bonchev–Trinajstić information content (AvgIpc) is 3.06. The molecule has 0 saturated carbocycles. The van der Waals surface area contributed by atoms with Crippen LogP contribution in [0.2, 0.25) is 0 Å². The van der Waals surface area contributed by atoms with Crippen molar-refractivity contribution in [1.29, 1.82) is 0 Å². The van der Waals surface area contributed by atoms with Crippen molar-refractivity contribution in [3.05, 3.63) is 12.2 Å². The second-order valence-corrected chi connectivity index (χ2v) is 13.1. The maximum Gasteiger partial charge on any atom is 0.240 e. The highest BCUT2D eigenvalue weighted by atomic mass is 32.2. The van der Waals surface area contributed by atoms with Crippen LogP contribution >= 0.6 is 11.8 Å². The number of nitrogens with one attached hydrogen (secondary N) is 2. The molecule has 10 heteroatoms. The summed E-state index contributed by atoms with van der Waals surface area (Å²) in [5.41, 5.74) is -0.969. The molecule has 4 heterocycles. The summed E-state index contributed by atoms with van der Waals surface area (Å²) in [6.45, 7) is 7.92. The molecular formula is C26H44N2O7S. The molecule has 6 N–H and O–H groups in total. The summed E-state index contributed by atoms with van der Waals surface area (Å²) >= 11 is 1.23. The van der Waals surface area contributed by atoms with Crippen LogP contribution in [0.5, 0.6) is 0 Å². The van der Waals surface area contributed by atoms with Crippen LogP contribution in [0.25, 0.3) is 0 Å². The Morgan fingerprint density at radius 1 is 1.19 bits per heavy atom. The van der Waals surface area contributed by atoms with Gasteiger partial charge in [0.15, 0.2) is 0 Å². The fourth-order valence-corrected chi connectivity index (χ4v) is 7.58. The molecule has 0 aliphatic carbocycles. The molecule has 1 amide bonds. The topological polar surface area (TPSA) is 141 Å². The van der Waals surface area contributed by atoms with Crippen LogP contribution < -0.4 is 10.6 Å². The zero-order chi connectivity index (χ0) is 26.0. The van der Waals surface area contributed by atoms with E-state index < -0.39 is 41.9 Å². The van der Waals surface area contributed by atoms with E-state index in [1.54, 1.807) is 0 Å². The fraction of sp³-hybridized carbons (Fsp3) is 0.885. The van der Waals surface area contributed by atoms with Gasteiger partial charge in [0.05, 0.1) is 18.8 Å². The van der Waals surface area contributed by atoms with Crippen LogP contribution in [0.4, 0.5) is 0 Å². The van der Waals surface area contributed by atoms with Crippen molar-refractivity contribution < 1.29 is 34.7 Å². The van der Waals surface area contributed by atoms with E-state index >= 15 is 0 Å². The lowest BCUT2D eigenvalue weighted by Gasteiger charge is -2.44. The van der Waals surface area contributed by atoms with E-state index in [1.165, 1.54) is 11.8 Å². The largest absolute Gasteiger partial charge is 0.395 e. The molecule has 0 radical (unpaired) electrons. The zero-order valence-corrected chi connectivity index (χ0v) is 22.4. The molecule has 3 fully saturated rings. The Bertz CT molecular complexity index is 785. The van der Waals surface area contributed by atoms with Crippen molar-refractivity contribution in [2.24, 2.45) is 17.3 Å². The maximum absolute atomic E-state index is 13.6. The number of thioether (sulfide) groups is 1. The van der Waals surface area contributed by atoms with Crippen molar-refractivity contribution in [2.45, 2.75) is 106 Å². The highest BCUT2D eigenvalue weighted by Crippen LogP contribution is 2.43. The summed E-state index contributed by atoms with van der Waals surface area (Å²) < 4.78 is 12.3. The monoisotopic (exact) mass is 528 g/mol. The van der Waals surface area contributed by atoms with Crippen molar-refractivity contribution in [3.63, 3.8) is 0 Å². The molecule has 4 aliphatic heterocycles. The van der Waals surface area contributed by atoms with E-state index in [1.807, 2.05) is 12.2 Å². The maximum atomic E-state index is 13.6. The Kier molecular flexibility index (Phi) is 9.42. The predicted molar refractivity (Wildman–Crippen MR) is 137 cm³/mol. The number of aliphatic hydroxyl groups is 4. The van der Waals surface area contributed by atoms with Gasteiger partial charge < -0.3 is 40.5 Å². The number of carbonyl (C=O) groups is 1. The van der Waals surface area contributed by atoms with E-state index in [9.17, 15) is 25.2 Å². The first-order chi connectivity index (χ1) is 17.1. The van der Waals surface area contributed by atoms with Gasteiger partial charge in [-0.2, -0.15) is 0 Å². The van der Waals surface area contributed by atoms with Crippen LogP contribution in [-0.4, -0.2) is 99.4 Å². The Morgan fingerprint density at radius 2 is 1.94 bits per heavy atom. The lowest BCUT2D eigenvalue weighted by Crippen LogP contribution is -2.64. The molecule has 4 rings (SSSR count). The summed E-state index contributed by atoms with van der Waals surface area (Å²) in [7, 11) is 0. The molecule has 3 saturated heterocycles. The molecule has 4 aliphatic rings. The Morgan fingerprint density at radius 3 is 2.67 bits per heavy atom. The zero-order valence-electron chi connectivity index (χ0n) is 21.6. The fourth-order valence-electron chi connectivity index (χ4n) is 6.38. The number of rotatable bonds is 5. The first-order valence-electron chi connectivity index (χ1n) is 13.4. The molecule has 0 aromatic carbocycles. The van der Waals surface area contributed by atoms with Gasteiger partial charge >= 0.3 is 0 Å². The third-order valence-electron chi connectivity index (χ3n) is 8.20. The Labute approximate surface area is 218 Å². The smallest absolute Gasteiger partial charge is 0.240 e. The first kappa shape index (κ1) is 28.3. The Balaban J connectivity index is 1.49. The number of fused-ring (bicyclic) bond motifs is 3. The summed E-state index contributed by atoms with van der Waals surface area (Å²) in [6.07, 6.45) is 2.72. The third-order valence-corrected chi connectivity index (χ3v) is 9.58. The lowest BCUT2D eigenvalue weighted by molar-refractivity contribution is -0.205. The number of hydrogen-bond donors (Lipinski definition) is 6. The number of carbonyl (C=O) groups excluding carboxylic acids is 1. The van der Waals surface area contributed by atoms with Crippen LogP contribution in [0.15, 0.2) is 12.2 Å². The molecule has 2 bridgehead atoms. The highest BCUT2D eigenvalue weighted by Gasteiger charge is 2.52. The molecule has 0 spiro atoms. The molecular weight excluding hydrogens is 484 g/mol. The number of amides is 1. The van der Waals surface area contributed by atoms with E-state index in [0.29, 0.717) is 37.8 Å². The molecule has 0 aromatic heterocycles. The quantitative estimate of drug-likeness (QED) is 0.282. The summed E-state index contributed by atoms with van der Waals surface area (Å²) in [6, 6.07) is -1.12. The predicted octanol–water partition coefficient (Wildman–Crippen LogP) is 0.542. The minimum atomic E-state index is -1.42. The molecule has 206 valence electrons. The van der Waals surface area contributed by atoms with Gasteiger partial charge in [-0.05, 0) is 43.9 Å². The summed E-state index contributed by atoms with van der Waals surface area (Å²) in [5.74, 6) is 0.980. The number of ether oxygens (including phenoxy) is 2. The van der Waals surface area contributed by atoms with Gasteiger partial charge in [0, 0.05) is 23.8 Å². The van der Waals surface area contributed by atoms with E-state index in [-0.39, 0.29) is 29.3 Å². The van der Waals surface area contributed by atoms with Crippen molar-refractivity contribution >= 4 is 17.7 Å². The normalized spacial score (nSPS) is 46.6. The van der Waals surface area contributed by atoms with Gasteiger partial charge in [0.25, 0.3) is 0 Å². The molecule has 9 nitrogen and oxygen atoms in total. The SMILES string of the molecule is CC(C)C[C@@H]1CCO[C@H]2[C@@H](C(=O)N[C@@H]3C/C=C\C[C@@H](CO)SC4OC3C(O)C(O)C4O)NC[C@]2(C)C1. The van der Waals surface area contributed by atoms with Crippen molar-refractivity contribution in [1.82, 2.24) is 10.6 Å². The van der Waals surface area contributed by atoms with Gasteiger partial charge in [-0.25, -0.2) is 0 Å². The summed E-state index contributed by atoms with van der Waals surface area (Å²) in [5, 5.41) is 47.7. The van der Waals surface area contributed by atoms with Crippen LogP contribution in [-0.2, 0) is 14.3 Å². The second kappa shape index (κ2) is 12.0. The van der Waals surface area contributed by atoms with Gasteiger partial charge in [-0.3, -0.25) is 4.79 Å². The van der Waals surface area contributed by atoms with Crippen molar-refractivity contribution in [3.8, 4) is 0 Å². The standard InChI is InChI=1S/C26H44N2O7S/c1-14(2)10-15-8-9-34-23-18(27-13-26(23,3)11-15)24(33)28-17-7-5-4-6-16(12-29)36-25-21(32)19(30)20(31)22(17)35-25/h4-5,14-23,25,27,29-32H,6-13H2,1-3H3,(H,28,33)/b5-4-/t15-,16-,17+,18-,19?,20?,21?,22?,23-,25?,26-/m0/s1. The van der Waals surface area contributed by atoms with E-state index in [0.717, 1.165) is 19.3 Å². The minimum Gasteiger partial charge on any atom is -0.395 e. The first-order valence-corrected chi connectivity index (χ1v) is 14.3. The average molecular weight is 529 g/mol. The number of allylic oxidation sites excluding steroid dienone is 1. The van der Waals surface area contributed by atoms with Gasteiger partial charge in [0.1, 0.15) is 35.9 Å². The minimum absolute atomic E-state index is 0.101. The summed E-state index contributed by atoms with van der Waals surface area (Å²) in [4.78, 5) is 13.6. The lowest BCUT2D eigenvalue weighted by atomic mass is 9.75. The van der Waals surface area contributed by atoms with Crippen LogP contribution in [0.1, 0.15) is 52.9 Å². The van der Waals surface area contributed by atoms with Gasteiger partial charge in [-0.15, -0.1) is 11.8 Å². The van der Waals surface area contributed by atoms with E-state index in [2.05, 4.69) is 31.4 Å². The third kappa shape index (κ3) is 6.12. The molecule has 0 aromatic rings. The number of hydrogen-bond acceptors (Lipinski definition) is 9. The van der Waals surface area contributed by atoms with Gasteiger partial charge in [0.2, 0.25) is 5.91 Å². The van der Waals surface area contributed by atoms with Gasteiger partial charge in [-0.1, -0.05) is 32.9 Å². The molecule has 36 heavy (non-hydrogen) atoms. The Hall–Kier alpha value is -0.720. The van der Waals surface area contributed by atoms with Crippen molar-refractivity contribution in [2.75, 3.05) is 19.8 Å². The number of aliphatic hydroxyl groups excluding tert-OH is 4. The second-order valence-electron chi connectivity index (χ2n) is 11.7. The highest BCUT2D eigenvalue weighted by molar-refractivity contribution is 8.00. The van der Waals surface area contributed by atoms with Crippen LogP contribution in [0, 0.1) is 17.3 Å². The van der Waals surface area contributed by atoms with E-state index in [4.69, 9.17) is 9.47 Å². The molecule has 5 unspecified atom stereocenters.